The summed E-state index contributed by atoms with van der Waals surface area (Å²) in [6.45, 7) is 1.78. The summed E-state index contributed by atoms with van der Waals surface area (Å²) < 4.78 is 9.73. The van der Waals surface area contributed by atoms with Crippen LogP contribution in [0.25, 0.3) is 11.3 Å². The molecule has 0 fully saturated rings. The molecule has 2 aromatic rings. The number of carbonyl (C=O) groups is 1. The molecular weight excluding hydrogens is 206 g/mol. The van der Waals surface area contributed by atoms with E-state index < -0.39 is 0 Å². The molecule has 0 saturated carbocycles. The summed E-state index contributed by atoms with van der Waals surface area (Å²) in [5.74, 6) is 0.273. The van der Waals surface area contributed by atoms with Crippen LogP contribution in [0, 0.1) is 6.92 Å². The molecule has 1 heterocycles. The maximum Gasteiger partial charge on any atom is 0.337 e. The third-order valence-corrected chi connectivity index (χ3v) is 2.22. The van der Waals surface area contributed by atoms with Gasteiger partial charge in [0.1, 0.15) is 12.0 Å². The van der Waals surface area contributed by atoms with Crippen molar-refractivity contribution in [1.82, 2.24) is 4.98 Å². The van der Waals surface area contributed by atoms with Crippen LogP contribution < -0.4 is 0 Å². The lowest BCUT2D eigenvalue weighted by Gasteiger charge is -1.99. The Morgan fingerprint density at radius 3 is 2.50 bits per heavy atom. The average Bonchev–Trinajstić information content (AvgIpc) is 2.75. The van der Waals surface area contributed by atoms with E-state index in [9.17, 15) is 4.79 Å². The zero-order chi connectivity index (χ0) is 11.5. The van der Waals surface area contributed by atoms with Crippen LogP contribution in [0.4, 0.5) is 0 Å². The maximum atomic E-state index is 11.2. The van der Waals surface area contributed by atoms with Crippen molar-refractivity contribution in [2.45, 2.75) is 6.92 Å². The molecule has 0 saturated heterocycles. The number of benzene rings is 1. The van der Waals surface area contributed by atoms with E-state index in [4.69, 9.17) is 4.42 Å². The van der Waals surface area contributed by atoms with Gasteiger partial charge in [0.2, 0.25) is 0 Å². The molecule has 0 N–H and O–H groups in total. The van der Waals surface area contributed by atoms with Gasteiger partial charge >= 0.3 is 5.97 Å². The van der Waals surface area contributed by atoms with Crippen LogP contribution in [-0.2, 0) is 4.74 Å². The molecule has 4 nitrogen and oxygen atoms in total. The molecule has 0 radical (unpaired) electrons. The zero-order valence-electron chi connectivity index (χ0n) is 9.06. The second kappa shape index (κ2) is 4.18. The quantitative estimate of drug-likeness (QED) is 0.725. The van der Waals surface area contributed by atoms with E-state index in [1.54, 1.807) is 25.3 Å². The number of oxazole rings is 1. The third-order valence-electron chi connectivity index (χ3n) is 2.22. The van der Waals surface area contributed by atoms with Gasteiger partial charge in [-0.25, -0.2) is 9.78 Å². The van der Waals surface area contributed by atoms with Crippen molar-refractivity contribution in [3.8, 4) is 11.3 Å². The standard InChI is InChI=1S/C12H11NO3/c1-8-13-11(7-16-8)9-3-5-10(6-4-9)12(14)15-2/h3-7H,1-2H3. The van der Waals surface area contributed by atoms with Gasteiger partial charge in [-0.05, 0) is 12.1 Å². The average molecular weight is 217 g/mol. The van der Waals surface area contributed by atoms with Gasteiger partial charge in [-0.2, -0.15) is 0 Å². The van der Waals surface area contributed by atoms with Gasteiger partial charge in [0.25, 0.3) is 0 Å². The van der Waals surface area contributed by atoms with Gasteiger partial charge in [0.15, 0.2) is 5.89 Å². The van der Waals surface area contributed by atoms with Crippen molar-refractivity contribution in [1.29, 1.82) is 0 Å². The SMILES string of the molecule is COC(=O)c1ccc(-c2coc(C)n2)cc1. The number of nitrogens with zero attached hydrogens (tertiary/aromatic N) is 1. The fourth-order valence-electron chi connectivity index (χ4n) is 1.39. The van der Waals surface area contributed by atoms with Crippen molar-refractivity contribution >= 4 is 5.97 Å². The van der Waals surface area contributed by atoms with E-state index in [0.717, 1.165) is 11.3 Å². The molecule has 1 aromatic heterocycles. The van der Waals surface area contributed by atoms with Gasteiger partial charge in [-0.3, -0.25) is 0 Å². The Kier molecular flexibility index (Phi) is 2.72. The molecule has 2 rings (SSSR count). The first-order valence-electron chi connectivity index (χ1n) is 4.81. The lowest BCUT2D eigenvalue weighted by Crippen LogP contribution is -2.00. The van der Waals surface area contributed by atoms with Crippen LogP contribution in [0.3, 0.4) is 0 Å². The highest BCUT2D eigenvalue weighted by molar-refractivity contribution is 5.89. The zero-order valence-corrected chi connectivity index (χ0v) is 9.06. The highest BCUT2D eigenvalue weighted by Crippen LogP contribution is 2.19. The van der Waals surface area contributed by atoms with Crippen molar-refractivity contribution in [3.63, 3.8) is 0 Å². The topological polar surface area (TPSA) is 52.3 Å². The highest BCUT2D eigenvalue weighted by Gasteiger charge is 2.07. The first kappa shape index (κ1) is 10.4. The second-order valence-corrected chi connectivity index (χ2v) is 3.32. The van der Waals surface area contributed by atoms with Gasteiger partial charge in [0.05, 0.1) is 12.7 Å². The summed E-state index contributed by atoms with van der Waals surface area (Å²) in [7, 11) is 1.36. The first-order chi connectivity index (χ1) is 7.70. The summed E-state index contributed by atoms with van der Waals surface area (Å²) in [4.78, 5) is 15.4. The highest BCUT2D eigenvalue weighted by atomic mass is 16.5. The predicted octanol–water partition coefficient (Wildman–Crippen LogP) is 2.44. The van der Waals surface area contributed by atoms with Crippen molar-refractivity contribution in [2.24, 2.45) is 0 Å². The summed E-state index contributed by atoms with van der Waals surface area (Å²) in [5, 5.41) is 0. The van der Waals surface area contributed by atoms with Gasteiger partial charge in [-0.1, -0.05) is 12.1 Å². The number of ether oxygens (including phenoxy) is 1. The predicted molar refractivity (Wildman–Crippen MR) is 58.0 cm³/mol. The molecular formula is C12H11NO3. The first-order valence-corrected chi connectivity index (χ1v) is 4.81. The van der Waals surface area contributed by atoms with Crippen molar-refractivity contribution in [2.75, 3.05) is 7.11 Å². The van der Waals surface area contributed by atoms with Crippen LogP contribution in [0.5, 0.6) is 0 Å². The smallest absolute Gasteiger partial charge is 0.337 e. The largest absolute Gasteiger partial charge is 0.465 e. The lowest BCUT2D eigenvalue weighted by atomic mass is 10.1. The van der Waals surface area contributed by atoms with Crippen LogP contribution in [-0.4, -0.2) is 18.1 Å². The Balaban J connectivity index is 2.29. The number of hydrogen-bond donors (Lipinski definition) is 0. The molecule has 0 spiro atoms. The molecule has 0 aliphatic rings. The van der Waals surface area contributed by atoms with Gasteiger partial charge in [0, 0.05) is 12.5 Å². The Labute approximate surface area is 92.9 Å². The van der Waals surface area contributed by atoms with E-state index in [-0.39, 0.29) is 5.97 Å². The number of carbonyl (C=O) groups excluding carboxylic acids is 1. The lowest BCUT2D eigenvalue weighted by molar-refractivity contribution is 0.0601. The minimum Gasteiger partial charge on any atom is -0.465 e. The molecule has 82 valence electrons. The molecule has 0 amide bonds. The fraction of sp³-hybridized carbons (Fsp3) is 0.167. The van der Waals surface area contributed by atoms with E-state index in [2.05, 4.69) is 9.72 Å². The summed E-state index contributed by atoms with van der Waals surface area (Å²) >= 11 is 0. The van der Waals surface area contributed by atoms with E-state index >= 15 is 0 Å². The molecule has 0 aliphatic carbocycles. The van der Waals surface area contributed by atoms with Crippen LogP contribution >= 0.6 is 0 Å². The third kappa shape index (κ3) is 1.95. The maximum absolute atomic E-state index is 11.2. The van der Waals surface area contributed by atoms with Gasteiger partial charge < -0.3 is 9.15 Å². The molecule has 0 atom stereocenters. The summed E-state index contributed by atoms with van der Waals surface area (Å²) in [5.41, 5.74) is 2.19. The molecule has 1 aromatic carbocycles. The number of aromatic nitrogens is 1. The monoisotopic (exact) mass is 217 g/mol. The van der Waals surface area contributed by atoms with Crippen LogP contribution in [0.1, 0.15) is 16.2 Å². The molecule has 0 unspecified atom stereocenters. The minimum absolute atomic E-state index is 0.345. The Hall–Kier alpha value is -2.10. The van der Waals surface area contributed by atoms with E-state index in [0.29, 0.717) is 11.5 Å². The summed E-state index contributed by atoms with van der Waals surface area (Å²) in [6.07, 6.45) is 1.59. The Morgan fingerprint density at radius 1 is 1.31 bits per heavy atom. The molecule has 16 heavy (non-hydrogen) atoms. The number of aryl methyl sites for hydroxylation is 1. The van der Waals surface area contributed by atoms with Crippen LogP contribution in [0.15, 0.2) is 34.9 Å². The number of methoxy groups -OCH3 is 1. The number of hydrogen-bond acceptors (Lipinski definition) is 4. The fourth-order valence-corrected chi connectivity index (χ4v) is 1.39. The Bertz CT molecular complexity index is 499. The minimum atomic E-state index is -0.345. The number of esters is 1. The normalized spacial score (nSPS) is 10.1. The van der Waals surface area contributed by atoms with Crippen molar-refractivity contribution < 1.29 is 13.9 Å². The van der Waals surface area contributed by atoms with E-state index in [1.165, 1.54) is 7.11 Å². The number of rotatable bonds is 2. The van der Waals surface area contributed by atoms with Gasteiger partial charge in [-0.15, -0.1) is 0 Å². The molecule has 0 aliphatic heterocycles. The van der Waals surface area contributed by atoms with Crippen molar-refractivity contribution in [3.05, 3.63) is 42.0 Å². The summed E-state index contributed by atoms with van der Waals surface area (Å²) in [6, 6.07) is 7.02. The second-order valence-electron chi connectivity index (χ2n) is 3.32. The molecule has 4 heteroatoms. The van der Waals surface area contributed by atoms with Crippen LogP contribution in [0.2, 0.25) is 0 Å². The van der Waals surface area contributed by atoms with E-state index in [1.807, 2.05) is 12.1 Å². The molecule has 0 bridgehead atoms. The Morgan fingerprint density at radius 2 is 2.00 bits per heavy atom.